The molecule has 1 aromatic rings. The standard InChI is InChI=1S/C12H15ClF3NO2/c1-8(17)4-9-2-3-11(10(13)5-9)19-7-18-6-12(14,15)16/h2-3,5,8H,4,6-7,17H2,1H3. The van der Waals surface area contributed by atoms with Crippen molar-refractivity contribution in [3.05, 3.63) is 28.8 Å². The van der Waals surface area contributed by atoms with Crippen LogP contribution in [0, 0.1) is 0 Å². The SMILES string of the molecule is CC(N)Cc1ccc(OCOCC(F)(F)F)c(Cl)c1. The van der Waals surface area contributed by atoms with E-state index in [-0.39, 0.29) is 11.8 Å². The fourth-order valence-electron chi connectivity index (χ4n) is 1.42. The maximum Gasteiger partial charge on any atom is 0.411 e. The topological polar surface area (TPSA) is 44.5 Å². The molecule has 7 heteroatoms. The lowest BCUT2D eigenvalue weighted by atomic mass is 10.1. The summed E-state index contributed by atoms with van der Waals surface area (Å²) in [6, 6.07) is 5.01. The molecule has 0 fully saturated rings. The van der Waals surface area contributed by atoms with Crippen LogP contribution < -0.4 is 10.5 Å². The number of halogens is 4. The number of hydrogen-bond donors (Lipinski definition) is 1. The van der Waals surface area contributed by atoms with E-state index in [0.717, 1.165) is 5.56 Å². The Balaban J connectivity index is 2.46. The predicted molar refractivity (Wildman–Crippen MR) is 66.3 cm³/mol. The molecule has 0 spiro atoms. The van der Waals surface area contributed by atoms with E-state index in [0.29, 0.717) is 11.4 Å². The smallest absolute Gasteiger partial charge is 0.411 e. The summed E-state index contributed by atoms with van der Waals surface area (Å²) in [5.41, 5.74) is 6.58. The fourth-order valence-corrected chi connectivity index (χ4v) is 1.68. The van der Waals surface area contributed by atoms with Crippen LogP contribution in [0.3, 0.4) is 0 Å². The summed E-state index contributed by atoms with van der Waals surface area (Å²) < 4.78 is 44.8. The van der Waals surface area contributed by atoms with Crippen molar-refractivity contribution >= 4 is 11.6 Å². The molecule has 1 aromatic carbocycles. The minimum Gasteiger partial charge on any atom is -0.466 e. The van der Waals surface area contributed by atoms with Crippen molar-refractivity contribution in [2.75, 3.05) is 13.4 Å². The molecule has 0 aromatic heterocycles. The number of rotatable bonds is 6. The minimum absolute atomic E-state index is 0.00189. The Morgan fingerprint density at radius 1 is 1.37 bits per heavy atom. The molecule has 108 valence electrons. The summed E-state index contributed by atoms with van der Waals surface area (Å²) in [6.07, 6.45) is -3.71. The molecule has 0 heterocycles. The average Bonchev–Trinajstić information content (AvgIpc) is 2.24. The summed E-state index contributed by atoms with van der Waals surface area (Å²) in [5.74, 6) is 0.275. The normalized spacial score (nSPS) is 13.4. The average molecular weight is 298 g/mol. The molecular weight excluding hydrogens is 283 g/mol. The van der Waals surface area contributed by atoms with Crippen LogP contribution in [0.2, 0.25) is 5.02 Å². The first-order valence-electron chi connectivity index (χ1n) is 5.59. The number of nitrogens with two attached hydrogens (primary N) is 1. The molecule has 0 amide bonds. The molecule has 0 saturated carbocycles. The zero-order valence-corrected chi connectivity index (χ0v) is 11.1. The first-order valence-corrected chi connectivity index (χ1v) is 5.97. The van der Waals surface area contributed by atoms with E-state index in [1.807, 2.05) is 6.92 Å². The van der Waals surface area contributed by atoms with Gasteiger partial charge >= 0.3 is 6.18 Å². The highest BCUT2D eigenvalue weighted by Gasteiger charge is 2.27. The highest BCUT2D eigenvalue weighted by molar-refractivity contribution is 6.32. The predicted octanol–water partition coefficient (Wildman–Crippen LogP) is 3.14. The van der Waals surface area contributed by atoms with Gasteiger partial charge in [0, 0.05) is 6.04 Å². The summed E-state index contributed by atoms with van der Waals surface area (Å²) >= 11 is 5.94. The van der Waals surface area contributed by atoms with E-state index in [4.69, 9.17) is 22.1 Å². The van der Waals surface area contributed by atoms with Crippen molar-refractivity contribution in [2.24, 2.45) is 5.73 Å². The van der Waals surface area contributed by atoms with Crippen LogP contribution in [0.4, 0.5) is 13.2 Å². The van der Waals surface area contributed by atoms with Crippen LogP contribution >= 0.6 is 11.6 Å². The van der Waals surface area contributed by atoms with Gasteiger partial charge < -0.3 is 15.2 Å². The van der Waals surface area contributed by atoms with Crippen LogP contribution in [-0.2, 0) is 11.2 Å². The molecule has 0 saturated heterocycles. The Hall–Kier alpha value is -0.980. The van der Waals surface area contributed by atoms with E-state index in [2.05, 4.69) is 4.74 Å². The maximum absolute atomic E-state index is 11.8. The molecule has 0 bridgehead atoms. The van der Waals surface area contributed by atoms with Gasteiger partial charge in [0.25, 0.3) is 0 Å². The van der Waals surface area contributed by atoms with Gasteiger partial charge in [0.2, 0.25) is 0 Å². The van der Waals surface area contributed by atoms with E-state index in [1.54, 1.807) is 18.2 Å². The molecule has 0 aliphatic carbocycles. The van der Waals surface area contributed by atoms with Gasteiger partial charge in [0.1, 0.15) is 12.4 Å². The highest BCUT2D eigenvalue weighted by atomic mass is 35.5. The third-order valence-electron chi connectivity index (χ3n) is 2.12. The highest BCUT2D eigenvalue weighted by Crippen LogP contribution is 2.26. The molecule has 2 N–H and O–H groups in total. The summed E-state index contributed by atoms with van der Waals surface area (Å²) in [7, 11) is 0. The minimum atomic E-state index is -4.37. The van der Waals surface area contributed by atoms with Crippen molar-refractivity contribution in [3.63, 3.8) is 0 Å². The van der Waals surface area contributed by atoms with Crippen molar-refractivity contribution in [2.45, 2.75) is 25.6 Å². The molecular formula is C12H15ClF3NO2. The monoisotopic (exact) mass is 297 g/mol. The van der Waals surface area contributed by atoms with E-state index in [1.165, 1.54) is 0 Å². The molecule has 1 atom stereocenters. The first kappa shape index (κ1) is 16.1. The summed E-state index contributed by atoms with van der Waals surface area (Å²) in [4.78, 5) is 0. The van der Waals surface area contributed by atoms with Crippen LogP contribution in [0.15, 0.2) is 18.2 Å². The number of ether oxygens (including phenoxy) is 2. The molecule has 1 rings (SSSR count). The van der Waals surface area contributed by atoms with Gasteiger partial charge in [-0.3, -0.25) is 0 Å². The second kappa shape index (κ2) is 6.98. The molecule has 19 heavy (non-hydrogen) atoms. The quantitative estimate of drug-likeness (QED) is 0.648. The summed E-state index contributed by atoms with van der Waals surface area (Å²) in [6.45, 7) is 0.00253. The van der Waals surface area contributed by atoms with Crippen LogP contribution in [0.5, 0.6) is 5.75 Å². The van der Waals surface area contributed by atoms with Gasteiger partial charge in [-0.15, -0.1) is 0 Å². The van der Waals surface area contributed by atoms with Crippen LogP contribution in [-0.4, -0.2) is 25.6 Å². The number of benzene rings is 1. The second-order valence-electron chi connectivity index (χ2n) is 4.17. The van der Waals surface area contributed by atoms with Crippen molar-refractivity contribution < 1.29 is 22.6 Å². The Kier molecular flexibility index (Phi) is 5.90. The molecule has 3 nitrogen and oxygen atoms in total. The number of alkyl halides is 3. The zero-order chi connectivity index (χ0) is 14.5. The lowest BCUT2D eigenvalue weighted by Gasteiger charge is -2.12. The third kappa shape index (κ3) is 6.66. The van der Waals surface area contributed by atoms with Gasteiger partial charge in [-0.1, -0.05) is 17.7 Å². The van der Waals surface area contributed by atoms with Gasteiger partial charge in [0.15, 0.2) is 6.79 Å². The first-order chi connectivity index (χ1) is 8.78. The largest absolute Gasteiger partial charge is 0.466 e. The van der Waals surface area contributed by atoms with Gasteiger partial charge in [0.05, 0.1) is 5.02 Å². The van der Waals surface area contributed by atoms with Gasteiger partial charge in [-0.05, 0) is 31.0 Å². The van der Waals surface area contributed by atoms with Crippen LogP contribution in [0.1, 0.15) is 12.5 Å². The van der Waals surface area contributed by atoms with E-state index in [9.17, 15) is 13.2 Å². The van der Waals surface area contributed by atoms with Crippen molar-refractivity contribution in [1.82, 2.24) is 0 Å². The molecule has 0 aliphatic heterocycles. The van der Waals surface area contributed by atoms with Crippen LogP contribution in [0.25, 0.3) is 0 Å². The van der Waals surface area contributed by atoms with Gasteiger partial charge in [-0.25, -0.2) is 0 Å². The van der Waals surface area contributed by atoms with E-state index < -0.39 is 19.6 Å². The fraction of sp³-hybridized carbons (Fsp3) is 0.500. The Bertz CT molecular complexity index is 410. The lowest BCUT2D eigenvalue weighted by Crippen LogP contribution is -2.19. The van der Waals surface area contributed by atoms with E-state index >= 15 is 0 Å². The summed E-state index contributed by atoms with van der Waals surface area (Å²) in [5, 5.41) is 0.314. The van der Waals surface area contributed by atoms with Crippen molar-refractivity contribution in [3.8, 4) is 5.75 Å². The molecule has 0 aliphatic rings. The zero-order valence-electron chi connectivity index (χ0n) is 10.3. The Morgan fingerprint density at radius 3 is 2.58 bits per heavy atom. The molecule has 1 unspecified atom stereocenters. The Labute approximate surface area is 114 Å². The van der Waals surface area contributed by atoms with Crippen molar-refractivity contribution in [1.29, 1.82) is 0 Å². The molecule has 0 radical (unpaired) electrons. The number of hydrogen-bond acceptors (Lipinski definition) is 3. The maximum atomic E-state index is 11.8. The Morgan fingerprint density at radius 2 is 2.05 bits per heavy atom. The third-order valence-corrected chi connectivity index (χ3v) is 2.41. The lowest BCUT2D eigenvalue weighted by molar-refractivity contribution is -0.186. The second-order valence-corrected chi connectivity index (χ2v) is 4.58. The van der Waals surface area contributed by atoms with Gasteiger partial charge in [-0.2, -0.15) is 13.2 Å².